The first-order valence-electron chi connectivity index (χ1n) is 9.49. The van der Waals surface area contributed by atoms with E-state index >= 15 is 0 Å². The normalized spacial score (nSPS) is 17.6. The number of likely N-dealkylation sites (tertiary alicyclic amines) is 1. The SMILES string of the molecule is O=C(O)COc1cccc(CN2CCCC(CCc3ccc(F)cc3)C2)c1. The number of carboxylic acid groups (broad SMARTS) is 1. The second-order valence-corrected chi connectivity index (χ2v) is 7.24. The van der Waals surface area contributed by atoms with E-state index in [1.54, 1.807) is 6.07 Å². The lowest BCUT2D eigenvalue weighted by Crippen LogP contribution is -2.35. The van der Waals surface area contributed by atoms with Gasteiger partial charge in [0.2, 0.25) is 0 Å². The molecule has 1 saturated heterocycles. The smallest absolute Gasteiger partial charge is 0.341 e. The van der Waals surface area contributed by atoms with Crippen LogP contribution in [-0.2, 0) is 17.8 Å². The molecule has 5 heteroatoms. The number of halogens is 1. The number of aryl methyl sites for hydroxylation is 1. The van der Waals surface area contributed by atoms with E-state index in [0.29, 0.717) is 11.7 Å². The summed E-state index contributed by atoms with van der Waals surface area (Å²) in [5, 5.41) is 8.73. The minimum atomic E-state index is -0.972. The monoisotopic (exact) mass is 371 g/mol. The number of rotatable bonds is 8. The zero-order valence-electron chi connectivity index (χ0n) is 15.4. The highest BCUT2D eigenvalue weighted by Gasteiger charge is 2.20. The van der Waals surface area contributed by atoms with Gasteiger partial charge >= 0.3 is 5.97 Å². The molecule has 144 valence electrons. The van der Waals surface area contributed by atoms with Gasteiger partial charge in [0.15, 0.2) is 6.61 Å². The van der Waals surface area contributed by atoms with E-state index in [1.165, 1.54) is 30.5 Å². The lowest BCUT2D eigenvalue weighted by molar-refractivity contribution is -0.139. The summed E-state index contributed by atoms with van der Waals surface area (Å²) >= 11 is 0. The van der Waals surface area contributed by atoms with Gasteiger partial charge in [-0.2, -0.15) is 0 Å². The predicted octanol–water partition coefficient (Wildman–Crippen LogP) is 4.13. The number of aliphatic carboxylic acids is 1. The first-order valence-corrected chi connectivity index (χ1v) is 9.49. The number of nitrogens with zero attached hydrogens (tertiary/aromatic N) is 1. The van der Waals surface area contributed by atoms with Crippen molar-refractivity contribution < 1.29 is 19.0 Å². The summed E-state index contributed by atoms with van der Waals surface area (Å²) in [5.41, 5.74) is 2.33. The van der Waals surface area contributed by atoms with Gasteiger partial charge in [-0.3, -0.25) is 4.90 Å². The van der Waals surface area contributed by atoms with E-state index in [2.05, 4.69) is 11.0 Å². The highest BCUT2D eigenvalue weighted by molar-refractivity contribution is 5.68. The molecule has 0 amide bonds. The molecular weight excluding hydrogens is 345 g/mol. The molecule has 0 bridgehead atoms. The Kier molecular flexibility index (Phi) is 6.82. The van der Waals surface area contributed by atoms with Crippen LogP contribution in [0.25, 0.3) is 0 Å². The summed E-state index contributed by atoms with van der Waals surface area (Å²) in [6, 6.07) is 14.5. The molecule has 1 aliphatic heterocycles. The molecule has 1 N–H and O–H groups in total. The first kappa shape index (κ1) is 19.4. The topological polar surface area (TPSA) is 49.8 Å². The van der Waals surface area contributed by atoms with Crippen LogP contribution in [0.4, 0.5) is 4.39 Å². The van der Waals surface area contributed by atoms with Gasteiger partial charge in [0.1, 0.15) is 11.6 Å². The summed E-state index contributed by atoms with van der Waals surface area (Å²) in [5.74, 6) is 0.0904. The van der Waals surface area contributed by atoms with Crippen molar-refractivity contribution in [2.24, 2.45) is 5.92 Å². The van der Waals surface area contributed by atoms with E-state index < -0.39 is 5.97 Å². The molecule has 27 heavy (non-hydrogen) atoms. The van der Waals surface area contributed by atoms with Crippen LogP contribution >= 0.6 is 0 Å². The minimum absolute atomic E-state index is 0.183. The van der Waals surface area contributed by atoms with E-state index in [9.17, 15) is 9.18 Å². The number of carboxylic acids is 1. The zero-order valence-corrected chi connectivity index (χ0v) is 15.4. The number of piperidine rings is 1. The number of ether oxygens (including phenoxy) is 1. The summed E-state index contributed by atoms with van der Waals surface area (Å²) in [6.07, 6.45) is 4.52. The number of hydrogen-bond acceptors (Lipinski definition) is 3. The highest BCUT2D eigenvalue weighted by Crippen LogP contribution is 2.24. The predicted molar refractivity (Wildman–Crippen MR) is 102 cm³/mol. The van der Waals surface area contributed by atoms with Crippen LogP contribution in [0, 0.1) is 11.7 Å². The molecule has 2 aromatic carbocycles. The van der Waals surface area contributed by atoms with E-state index in [1.807, 2.05) is 24.3 Å². The number of benzene rings is 2. The molecule has 0 aromatic heterocycles. The molecule has 0 aliphatic carbocycles. The molecule has 3 rings (SSSR count). The Morgan fingerprint density at radius 3 is 2.78 bits per heavy atom. The molecule has 0 radical (unpaired) electrons. The molecule has 1 fully saturated rings. The van der Waals surface area contributed by atoms with Gasteiger partial charge in [0.25, 0.3) is 0 Å². The van der Waals surface area contributed by atoms with Crippen molar-refractivity contribution in [3.8, 4) is 5.75 Å². The van der Waals surface area contributed by atoms with Crippen molar-refractivity contribution in [3.05, 3.63) is 65.5 Å². The minimum Gasteiger partial charge on any atom is -0.482 e. The zero-order chi connectivity index (χ0) is 19.1. The van der Waals surface area contributed by atoms with E-state index in [-0.39, 0.29) is 12.4 Å². The Hall–Kier alpha value is -2.40. The second kappa shape index (κ2) is 9.51. The van der Waals surface area contributed by atoms with Gasteiger partial charge in [0.05, 0.1) is 0 Å². The fourth-order valence-corrected chi connectivity index (χ4v) is 3.69. The van der Waals surface area contributed by atoms with Gasteiger partial charge in [-0.05, 0) is 73.5 Å². The van der Waals surface area contributed by atoms with E-state index in [0.717, 1.165) is 38.0 Å². The van der Waals surface area contributed by atoms with Gasteiger partial charge in [-0.25, -0.2) is 9.18 Å². The van der Waals surface area contributed by atoms with Crippen molar-refractivity contribution in [1.29, 1.82) is 0 Å². The standard InChI is InChI=1S/C22H26FNO3/c23-20-10-8-17(9-11-20)6-7-18-4-2-12-24(14-18)15-19-3-1-5-21(13-19)27-16-22(25)26/h1,3,5,8-11,13,18H,2,4,6-7,12,14-16H2,(H,25,26). The van der Waals surface area contributed by atoms with Gasteiger partial charge in [0, 0.05) is 13.1 Å². The van der Waals surface area contributed by atoms with Crippen molar-refractivity contribution in [2.75, 3.05) is 19.7 Å². The molecular formula is C22H26FNO3. The largest absolute Gasteiger partial charge is 0.482 e. The van der Waals surface area contributed by atoms with Crippen LogP contribution in [0.15, 0.2) is 48.5 Å². The summed E-state index contributed by atoms with van der Waals surface area (Å²) < 4.78 is 18.3. The Morgan fingerprint density at radius 2 is 2.00 bits per heavy atom. The Morgan fingerprint density at radius 1 is 1.19 bits per heavy atom. The van der Waals surface area contributed by atoms with Crippen LogP contribution in [0.3, 0.4) is 0 Å². The average molecular weight is 371 g/mol. The first-order chi connectivity index (χ1) is 13.1. The maximum atomic E-state index is 13.0. The molecule has 0 spiro atoms. The lowest BCUT2D eigenvalue weighted by Gasteiger charge is -2.33. The number of hydrogen-bond donors (Lipinski definition) is 1. The molecule has 1 unspecified atom stereocenters. The highest BCUT2D eigenvalue weighted by atomic mass is 19.1. The summed E-state index contributed by atoms with van der Waals surface area (Å²) in [6.45, 7) is 2.66. The molecule has 4 nitrogen and oxygen atoms in total. The third-order valence-electron chi connectivity index (χ3n) is 5.02. The average Bonchev–Trinajstić information content (AvgIpc) is 2.67. The Bertz CT molecular complexity index is 747. The van der Waals surface area contributed by atoms with Gasteiger partial charge in [-0.15, -0.1) is 0 Å². The summed E-state index contributed by atoms with van der Waals surface area (Å²) in [4.78, 5) is 13.1. The van der Waals surface area contributed by atoms with Crippen molar-refractivity contribution in [2.45, 2.75) is 32.2 Å². The molecule has 2 aromatic rings. The molecule has 1 aliphatic rings. The Labute approximate surface area is 159 Å². The van der Waals surface area contributed by atoms with Crippen molar-refractivity contribution >= 4 is 5.97 Å². The molecule has 0 saturated carbocycles. The number of carbonyl (C=O) groups is 1. The third-order valence-corrected chi connectivity index (χ3v) is 5.02. The molecule has 1 heterocycles. The van der Waals surface area contributed by atoms with E-state index in [4.69, 9.17) is 9.84 Å². The van der Waals surface area contributed by atoms with Crippen LogP contribution < -0.4 is 4.74 Å². The second-order valence-electron chi connectivity index (χ2n) is 7.24. The Balaban J connectivity index is 1.50. The quantitative estimate of drug-likeness (QED) is 0.758. The van der Waals surface area contributed by atoms with Crippen LogP contribution in [0.1, 0.15) is 30.4 Å². The maximum absolute atomic E-state index is 13.0. The lowest BCUT2D eigenvalue weighted by atomic mass is 9.91. The third kappa shape index (κ3) is 6.36. The maximum Gasteiger partial charge on any atom is 0.341 e. The van der Waals surface area contributed by atoms with Crippen molar-refractivity contribution in [3.63, 3.8) is 0 Å². The van der Waals surface area contributed by atoms with Crippen LogP contribution in [0.5, 0.6) is 5.75 Å². The summed E-state index contributed by atoms with van der Waals surface area (Å²) in [7, 11) is 0. The van der Waals surface area contributed by atoms with Crippen molar-refractivity contribution in [1.82, 2.24) is 4.90 Å². The van der Waals surface area contributed by atoms with Gasteiger partial charge in [-0.1, -0.05) is 24.3 Å². The fraction of sp³-hybridized carbons (Fsp3) is 0.409. The van der Waals surface area contributed by atoms with Gasteiger partial charge < -0.3 is 9.84 Å². The van der Waals surface area contributed by atoms with Crippen LogP contribution in [0.2, 0.25) is 0 Å². The molecule has 1 atom stereocenters. The van der Waals surface area contributed by atoms with Crippen LogP contribution in [-0.4, -0.2) is 35.7 Å². The fourth-order valence-electron chi connectivity index (χ4n) is 3.69.